The fourth-order valence-corrected chi connectivity index (χ4v) is 2.48. The van der Waals surface area contributed by atoms with Gasteiger partial charge in [0.15, 0.2) is 0 Å². The summed E-state index contributed by atoms with van der Waals surface area (Å²) < 4.78 is 22.6. The van der Waals surface area contributed by atoms with Crippen LogP contribution in [0.15, 0.2) is 23.1 Å². The number of nitrogens with two attached hydrogens (primary N) is 1. The molecule has 1 atom stereocenters. The molecule has 7 heteroatoms. The Kier molecular flexibility index (Phi) is 5.98. The van der Waals surface area contributed by atoms with Crippen molar-refractivity contribution in [2.24, 2.45) is 5.14 Å². The summed E-state index contributed by atoms with van der Waals surface area (Å²) in [6.07, 6.45) is 2.91. The fraction of sp³-hybridized carbons (Fsp3) is 0.462. The summed E-state index contributed by atoms with van der Waals surface area (Å²) in [6, 6.07) is 3.82. The van der Waals surface area contributed by atoms with Crippen LogP contribution in [0.25, 0.3) is 0 Å². The molecule has 0 saturated heterocycles. The second-order valence-electron chi connectivity index (χ2n) is 4.70. The minimum absolute atomic E-state index is 0.00310. The summed E-state index contributed by atoms with van der Waals surface area (Å²) in [5.41, 5.74) is 0.113. The topological polar surface area (TPSA) is 89.3 Å². The van der Waals surface area contributed by atoms with Crippen molar-refractivity contribution in [2.75, 3.05) is 0 Å². The van der Waals surface area contributed by atoms with Gasteiger partial charge in [0.05, 0.1) is 15.5 Å². The van der Waals surface area contributed by atoms with Gasteiger partial charge in [-0.25, -0.2) is 13.6 Å². The van der Waals surface area contributed by atoms with Gasteiger partial charge in [-0.15, -0.1) is 0 Å². The number of carbonyl (C=O) groups is 1. The third-order valence-corrected chi connectivity index (χ3v) is 4.12. The van der Waals surface area contributed by atoms with Gasteiger partial charge in [-0.05, 0) is 31.5 Å². The Labute approximate surface area is 124 Å². The predicted octanol–water partition coefficient (Wildman–Crippen LogP) is 2.30. The number of amides is 1. The molecule has 112 valence electrons. The Bertz CT molecular complexity index is 587. The SMILES string of the molecule is CCCCC(C)NC(=O)c1cc(S(N)(=O)=O)ccc1Cl. The molecule has 0 aliphatic rings. The minimum atomic E-state index is -3.86. The summed E-state index contributed by atoms with van der Waals surface area (Å²) in [4.78, 5) is 12.0. The van der Waals surface area contributed by atoms with Crippen LogP contribution in [0.1, 0.15) is 43.5 Å². The van der Waals surface area contributed by atoms with E-state index in [2.05, 4.69) is 12.2 Å². The summed E-state index contributed by atoms with van der Waals surface area (Å²) in [5.74, 6) is -0.399. The first-order valence-electron chi connectivity index (χ1n) is 6.39. The van der Waals surface area contributed by atoms with Gasteiger partial charge in [-0.1, -0.05) is 31.4 Å². The predicted molar refractivity (Wildman–Crippen MR) is 79.3 cm³/mol. The van der Waals surface area contributed by atoms with Crippen LogP contribution in [0.5, 0.6) is 0 Å². The van der Waals surface area contributed by atoms with E-state index in [1.165, 1.54) is 18.2 Å². The number of hydrogen-bond acceptors (Lipinski definition) is 3. The quantitative estimate of drug-likeness (QED) is 0.843. The number of benzene rings is 1. The zero-order valence-electron chi connectivity index (χ0n) is 11.5. The van der Waals surface area contributed by atoms with Gasteiger partial charge in [0.1, 0.15) is 0 Å². The molecule has 0 radical (unpaired) electrons. The molecule has 1 unspecified atom stereocenters. The van der Waals surface area contributed by atoms with Crippen LogP contribution in [0, 0.1) is 0 Å². The number of sulfonamides is 1. The number of primary sulfonamides is 1. The number of unbranched alkanes of at least 4 members (excludes halogenated alkanes) is 1. The number of nitrogens with one attached hydrogen (secondary N) is 1. The molecular formula is C13H19ClN2O3S. The number of carbonyl (C=O) groups excluding carboxylic acids is 1. The Morgan fingerprint density at radius 2 is 2.10 bits per heavy atom. The van der Waals surface area contributed by atoms with Gasteiger partial charge >= 0.3 is 0 Å². The van der Waals surface area contributed by atoms with Crippen LogP contribution >= 0.6 is 11.6 Å². The lowest BCUT2D eigenvalue weighted by Crippen LogP contribution is -2.32. The Morgan fingerprint density at radius 1 is 1.45 bits per heavy atom. The van der Waals surface area contributed by atoms with Crippen LogP contribution < -0.4 is 10.5 Å². The highest BCUT2D eigenvalue weighted by Crippen LogP contribution is 2.20. The lowest BCUT2D eigenvalue weighted by Gasteiger charge is -2.14. The van der Waals surface area contributed by atoms with Crippen LogP contribution in [0.2, 0.25) is 5.02 Å². The van der Waals surface area contributed by atoms with Gasteiger partial charge in [0.25, 0.3) is 5.91 Å². The van der Waals surface area contributed by atoms with E-state index in [0.717, 1.165) is 19.3 Å². The fourth-order valence-electron chi connectivity index (χ4n) is 1.74. The molecule has 20 heavy (non-hydrogen) atoms. The maximum Gasteiger partial charge on any atom is 0.253 e. The molecule has 1 amide bonds. The van der Waals surface area contributed by atoms with Crippen molar-refractivity contribution in [3.05, 3.63) is 28.8 Å². The molecule has 1 rings (SSSR count). The number of rotatable bonds is 6. The Morgan fingerprint density at radius 3 is 2.65 bits per heavy atom. The maximum atomic E-state index is 12.1. The third-order valence-electron chi connectivity index (χ3n) is 2.88. The highest BCUT2D eigenvalue weighted by molar-refractivity contribution is 7.89. The minimum Gasteiger partial charge on any atom is -0.350 e. The Balaban J connectivity index is 2.93. The van der Waals surface area contributed by atoms with E-state index in [1.54, 1.807) is 0 Å². The molecule has 0 saturated carbocycles. The summed E-state index contributed by atoms with van der Waals surface area (Å²) in [7, 11) is -3.86. The second kappa shape index (κ2) is 7.06. The Hall–Kier alpha value is -1.11. The highest BCUT2D eigenvalue weighted by atomic mass is 35.5. The molecule has 3 N–H and O–H groups in total. The summed E-state index contributed by atoms with van der Waals surface area (Å²) >= 11 is 5.93. The van der Waals surface area contributed by atoms with E-state index in [0.29, 0.717) is 0 Å². The van der Waals surface area contributed by atoms with Gasteiger partial charge in [0.2, 0.25) is 10.0 Å². The molecule has 0 bridgehead atoms. The molecule has 0 heterocycles. The maximum absolute atomic E-state index is 12.1. The van der Waals surface area contributed by atoms with E-state index in [4.69, 9.17) is 16.7 Å². The van der Waals surface area contributed by atoms with Crippen molar-refractivity contribution in [1.82, 2.24) is 5.32 Å². The van der Waals surface area contributed by atoms with Gasteiger partial charge < -0.3 is 5.32 Å². The molecule has 0 spiro atoms. The molecule has 5 nitrogen and oxygen atoms in total. The number of hydrogen-bond donors (Lipinski definition) is 2. The van der Waals surface area contributed by atoms with E-state index in [-0.39, 0.29) is 21.5 Å². The summed E-state index contributed by atoms with van der Waals surface area (Å²) in [5, 5.41) is 8.02. The zero-order chi connectivity index (χ0) is 15.3. The average molecular weight is 319 g/mol. The zero-order valence-corrected chi connectivity index (χ0v) is 13.1. The van der Waals surface area contributed by atoms with E-state index in [9.17, 15) is 13.2 Å². The third kappa shape index (κ3) is 4.77. The molecule has 0 aromatic heterocycles. The highest BCUT2D eigenvalue weighted by Gasteiger charge is 2.17. The molecule has 1 aromatic carbocycles. The van der Waals surface area contributed by atoms with Crippen molar-refractivity contribution in [1.29, 1.82) is 0 Å². The van der Waals surface area contributed by atoms with Gasteiger partial charge in [0, 0.05) is 6.04 Å². The van der Waals surface area contributed by atoms with E-state index < -0.39 is 15.9 Å². The van der Waals surface area contributed by atoms with Gasteiger partial charge in [-0.3, -0.25) is 4.79 Å². The largest absolute Gasteiger partial charge is 0.350 e. The summed E-state index contributed by atoms with van der Waals surface area (Å²) in [6.45, 7) is 3.96. The first kappa shape index (κ1) is 16.9. The van der Waals surface area contributed by atoms with Gasteiger partial charge in [-0.2, -0.15) is 0 Å². The molecule has 0 fully saturated rings. The van der Waals surface area contributed by atoms with Crippen molar-refractivity contribution in [3.63, 3.8) is 0 Å². The van der Waals surface area contributed by atoms with Crippen LogP contribution in [0.4, 0.5) is 0 Å². The lowest BCUT2D eigenvalue weighted by atomic mass is 10.1. The van der Waals surface area contributed by atoms with Crippen molar-refractivity contribution < 1.29 is 13.2 Å². The van der Waals surface area contributed by atoms with Crippen LogP contribution in [0.3, 0.4) is 0 Å². The smallest absolute Gasteiger partial charge is 0.253 e. The lowest BCUT2D eigenvalue weighted by molar-refractivity contribution is 0.0938. The monoisotopic (exact) mass is 318 g/mol. The van der Waals surface area contributed by atoms with Crippen molar-refractivity contribution >= 4 is 27.5 Å². The first-order chi connectivity index (χ1) is 9.25. The van der Waals surface area contributed by atoms with Crippen molar-refractivity contribution in [3.8, 4) is 0 Å². The molecular weight excluding hydrogens is 300 g/mol. The van der Waals surface area contributed by atoms with E-state index in [1.807, 2.05) is 6.92 Å². The van der Waals surface area contributed by atoms with Crippen molar-refractivity contribution in [2.45, 2.75) is 44.0 Å². The number of halogens is 1. The van der Waals surface area contributed by atoms with E-state index >= 15 is 0 Å². The molecule has 1 aromatic rings. The molecule has 0 aliphatic heterocycles. The standard InChI is InChI=1S/C13H19ClN2O3S/c1-3-4-5-9(2)16-13(17)11-8-10(20(15,18)19)6-7-12(11)14/h6-9H,3-5H2,1-2H3,(H,16,17)(H2,15,18,19). The van der Waals surface area contributed by atoms with Crippen LogP contribution in [-0.2, 0) is 10.0 Å². The average Bonchev–Trinajstić information content (AvgIpc) is 2.35. The van der Waals surface area contributed by atoms with Crippen LogP contribution in [-0.4, -0.2) is 20.4 Å². The first-order valence-corrected chi connectivity index (χ1v) is 8.31. The molecule has 0 aliphatic carbocycles. The second-order valence-corrected chi connectivity index (χ2v) is 6.67. The normalized spacial score (nSPS) is 13.0.